The molecule has 0 fully saturated rings. The van der Waals surface area contributed by atoms with Gasteiger partial charge in [-0.3, -0.25) is 10.1 Å². The fraction of sp³-hybridized carbons (Fsp3) is 0. The van der Waals surface area contributed by atoms with Gasteiger partial charge in [0, 0.05) is 17.7 Å². The van der Waals surface area contributed by atoms with Crippen LogP contribution in [0.3, 0.4) is 0 Å². The molecular weight excluding hydrogens is 314 g/mol. The summed E-state index contributed by atoms with van der Waals surface area (Å²) >= 11 is 0. The molecule has 2 aromatic carbocycles. The molecule has 0 N–H and O–H groups in total. The summed E-state index contributed by atoms with van der Waals surface area (Å²) < 4.78 is 28.9. The first kappa shape index (κ1) is 15.4. The molecule has 0 bridgehead atoms. The second-order valence-electron chi connectivity index (χ2n) is 4.07. The maximum atomic E-state index is 12.1. The van der Waals surface area contributed by atoms with Crippen LogP contribution in [0.5, 0.6) is 5.75 Å². The smallest absolute Gasteiger partial charge is 0.339 e. The quantitative estimate of drug-likeness (QED) is 0.451. The van der Waals surface area contributed by atoms with Gasteiger partial charge in [-0.05, 0) is 24.3 Å². The van der Waals surface area contributed by atoms with E-state index in [4.69, 9.17) is 4.18 Å². The minimum absolute atomic E-state index is 0.283. The summed E-state index contributed by atoms with van der Waals surface area (Å²) in [4.78, 5) is 20.4. The van der Waals surface area contributed by atoms with Crippen molar-refractivity contribution in [3.63, 3.8) is 0 Å². The predicted molar refractivity (Wildman–Crippen MR) is 71.7 cm³/mol. The van der Waals surface area contributed by atoms with Crippen LogP contribution in [0.1, 0.15) is 10.4 Å². The molecule has 2 aromatic rings. The Labute approximate surface area is 124 Å². The van der Waals surface area contributed by atoms with E-state index >= 15 is 0 Å². The maximum absolute atomic E-state index is 12.1. The number of rotatable bonds is 5. The summed E-state index contributed by atoms with van der Waals surface area (Å²) in [5.74, 6) is -1.99. The number of carbonyl (C=O) groups excluding carboxylic acids is 1. The van der Waals surface area contributed by atoms with Crippen LogP contribution in [0.25, 0.3) is 0 Å². The molecule has 2 rings (SSSR count). The van der Waals surface area contributed by atoms with Gasteiger partial charge in [0.25, 0.3) is 5.69 Å². The molecule has 0 saturated heterocycles. The highest BCUT2D eigenvalue weighted by Crippen LogP contribution is 2.23. The fourth-order valence-corrected chi connectivity index (χ4v) is 2.56. The topological polar surface area (TPSA) is 127 Å². The predicted octanol–water partition coefficient (Wildman–Crippen LogP) is 0.726. The lowest BCUT2D eigenvalue weighted by Gasteiger charge is -2.11. The van der Waals surface area contributed by atoms with Gasteiger partial charge in [0.2, 0.25) is 0 Å². The van der Waals surface area contributed by atoms with Gasteiger partial charge in [0.15, 0.2) is 5.75 Å². The summed E-state index contributed by atoms with van der Waals surface area (Å²) in [6.07, 6.45) is 0. The normalized spacial score (nSPS) is 10.9. The zero-order valence-electron chi connectivity index (χ0n) is 10.8. The third kappa shape index (κ3) is 3.20. The Morgan fingerprint density at radius 3 is 2.18 bits per heavy atom. The molecule has 22 heavy (non-hydrogen) atoms. The number of aromatic carboxylic acids is 1. The molecule has 0 aliphatic rings. The van der Waals surface area contributed by atoms with E-state index in [-0.39, 0.29) is 10.6 Å². The van der Waals surface area contributed by atoms with Gasteiger partial charge in [-0.2, -0.15) is 8.42 Å². The van der Waals surface area contributed by atoms with Crippen molar-refractivity contribution in [3.05, 3.63) is 64.2 Å². The van der Waals surface area contributed by atoms with Crippen molar-refractivity contribution in [3.8, 4) is 5.75 Å². The fourth-order valence-electron chi connectivity index (χ4n) is 1.61. The van der Waals surface area contributed by atoms with Crippen molar-refractivity contribution >= 4 is 21.8 Å². The van der Waals surface area contributed by atoms with E-state index in [0.717, 1.165) is 36.4 Å². The van der Waals surface area contributed by atoms with Crippen molar-refractivity contribution in [1.82, 2.24) is 0 Å². The SMILES string of the molecule is O=C([O-])c1ccccc1OS(=O)(=O)c1ccc([N+](=O)[O-])cc1. The van der Waals surface area contributed by atoms with Crippen LogP contribution in [-0.4, -0.2) is 19.3 Å². The van der Waals surface area contributed by atoms with Gasteiger partial charge in [-0.1, -0.05) is 12.1 Å². The highest BCUT2D eigenvalue weighted by molar-refractivity contribution is 7.87. The van der Waals surface area contributed by atoms with E-state index in [1.54, 1.807) is 0 Å². The first-order chi connectivity index (χ1) is 10.3. The highest BCUT2D eigenvalue weighted by Gasteiger charge is 2.19. The number of hydrogen-bond acceptors (Lipinski definition) is 7. The molecule has 0 aromatic heterocycles. The number of carbonyl (C=O) groups is 1. The molecule has 0 unspecified atom stereocenters. The lowest BCUT2D eigenvalue weighted by atomic mass is 10.2. The number of hydrogen-bond donors (Lipinski definition) is 0. The van der Waals surface area contributed by atoms with Crippen LogP contribution in [0.2, 0.25) is 0 Å². The number of para-hydroxylation sites is 1. The zero-order valence-corrected chi connectivity index (χ0v) is 11.6. The first-order valence-corrected chi connectivity index (χ1v) is 7.21. The van der Waals surface area contributed by atoms with E-state index < -0.39 is 32.3 Å². The Kier molecular flexibility index (Phi) is 4.08. The summed E-state index contributed by atoms with van der Waals surface area (Å²) in [5.41, 5.74) is -0.706. The average molecular weight is 322 g/mol. The maximum Gasteiger partial charge on any atom is 0.339 e. The van der Waals surface area contributed by atoms with Gasteiger partial charge < -0.3 is 14.1 Å². The van der Waals surface area contributed by atoms with Crippen molar-refractivity contribution < 1.29 is 27.4 Å². The Bertz CT molecular complexity index is 828. The summed E-state index contributed by atoms with van der Waals surface area (Å²) in [6, 6.07) is 9.07. The molecule has 0 saturated carbocycles. The lowest BCUT2D eigenvalue weighted by Crippen LogP contribution is -2.23. The van der Waals surface area contributed by atoms with E-state index in [1.807, 2.05) is 0 Å². The Balaban J connectivity index is 2.36. The standard InChI is InChI=1S/C13H9NO7S/c15-13(16)11-3-1-2-4-12(11)21-22(19,20)10-7-5-9(6-8-10)14(17)18/h1-8H,(H,15,16)/p-1. The average Bonchev–Trinajstić information content (AvgIpc) is 2.47. The van der Waals surface area contributed by atoms with E-state index in [0.29, 0.717) is 0 Å². The van der Waals surface area contributed by atoms with Crippen LogP contribution in [0, 0.1) is 10.1 Å². The molecule has 0 heterocycles. The second kappa shape index (κ2) is 5.82. The van der Waals surface area contributed by atoms with Crippen molar-refractivity contribution in [2.45, 2.75) is 4.90 Å². The molecule has 8 nitrogen and oxygen atoms in total. The van der Waals surface area contributed by atoms with Gasteiger partial charge in [-0.15, -0.1) is 0 Å². The second-order valence-corrected chi connectivity index (χ2v) is 5.62. The number of benzene rings is 2. The highest BCUT2D eigenvalue weighted by atomic mass is 32.2. The number of non-ortho nitro benzene ring substituents is 1. The van der Waals surface area contributed by atoms with Crippen molar-refractivity contribution in [1.29, 1.82) is 0 Å². The number of carboxylic acid groups (broad SMARTS) is 1. The molecule has 9 heteroatoms. The van der Waals surface area contributed by atoms with Gasteiger partial charge in [-0.25, -0.2) is 0 Å². The van der Waals surface area contributed by atoms with E-state index in [9.17, 15) is 28.4 Å². The van der Waals surface area contributed by atoms with Crippen LogP contribution < -0.4 is 9.29 Å². The lowest BCUT2D eigenvalue weighted by molar-refractivity contribution is -0.384. The van der Waals surface area contributed by atoms with E-state index in [1.165, 1.54) is 12.1 Å². The number of nitrogens with zero attached hydrogens (tertiary/aromatic N) is 1. The molecule has 114 valence electrons. The van der Waals surface area contributed by atoms with Crippen LogP contribution >= 0.6 is 0 Å². The monoisotopic (exact) mass is 322 g/mol. The number of nitro benzene ring substituents is 1. The molecular formula is C13H8NO7S-. The van der Waals surface area contributed by atoms with Gasteiger partial charge in [0.05, 0.1) is 10.9 Å². The largest absolute Gasteiger partial charge is 0.545 e. The minimum atomic E-state index is -4.33. The molecule has 0 aliphatic heterocycles. The van der Waals surface area contributed by atoms with Crippen LogP contribution in [0.4, 0.5) is 5.69 Å². The third-order valence-corrected chi connectivity index (χ3v) is 3.89. The van der Waals surface area contributed by atoms with Crippen LogP contribution in [0.15, 0.2) is 53.4 Å². The van der Waals surface area contributed by atoms with Crippen LogP contribution in [-0.2, 0) is 10.1 Å². The third-order valence-electron chi connectivity index (χ3n) is 2.64. The number of carboxylic acids is 1. The number of nitro groups is 1. The summed E-state index contributed by atoms with van der Waals surface area (Å²) in [5, 5.41) is 21.4. The molecule has 0 radical (unpaired) electrons. The summed E-state index contributed by atoms with van der Waals surface area (Å²) in [7, 11) is -4.33. The zero-order chi connectivity index (χ0) is 16.3. The van der Waals surface area contributed by atoms with Crippen molar-refractivity contribution in [2.75, 3.05) is 0 Å². The molecule has 0 atom stereocenters. The molecule has 0 amide bonds. The minimum Gasteiger partial charge on any atom is -0.545 e. The Hall–Kier alpha value is -2.94. The Morgan fingerprint density at radius 2 is 1.64 bits per heavy atom. The Morgan fingerprint density at radius 1 is 1.05 bits per heavy atom. The van der Waals surface area contributed by atoms with Gasteiger partial charge >= 0.3 is 10.1 Å². The first-order valence-electron chi connectivity index (χ1n) is 5.80. The van der Waals surface area contributed by atoms with E-state index in [2.05, 4.69) is 0 Å². The molecule has 0 aliphatic carbocycles. The van der Waals surface area contributed by atoms with Gasteiger partial charge in [0.1, 0.15) is 4.90 Å². The molecule has 0 spiro atoms. The summed E-state index contributed by atoms with van der Waals surface area (Å²) in [6.45, 7) is 0. The van der Waals surface area contributed by atoms with Crippen molar-refractivity contribution in [2.24, 2.45) is 0 Å².